The van der Waals surface area contributed by atoms with E-state index in [2.05, 4.69) is 21.2 Å². The number of amides is 1. The number of hydrogen-bond donors (Lipinski definition) is 1. The van der Waals surface area contributed by atoms with Crippen LogP contribution in [0.1, 0.15) is 27.6 Å². The Balaban J connectivity index is 1.61. The molecule has 142 valence electrons. The maximum atomic E-state index is 12.5. The molecule has 3 aromatic rings. The molecule has 0 aliphatic rings. The fourth-order valence-electron chi connectivity index (χ4n) is 2.56. The lowest BCUT2D eigenvalue weighted by molar-refractivity contribution is 0.0818. The van der Waals surface area contributed by atoms with Gasteiger partial charge in [0.2, 0.25) is 5.78 Å². The Morgan fingerprint density at radius 2 is 1.64 bits per heavy atom. The minimum absolute atomic E-state index is 0.157. The molecule has 0 fully saturated rings. The minimum Gasteiger partial charge on any atom is -0.483 e. The van der Waals surface area contributed by atoms with Gasteiger partial charge in [0.05, 0.1) is 0 Å². The molecule has 0 heterocycles. The number of rotatable bonds is 6. The number of nitrogens with one attached hydrogen (secondary N) is 1. The molecule has 0 aromatic heterocycles. The Bertz CT molecular complexity index is 987. The van der Waals surface area contributed by atoms with Gasteiger partial charge in [0.25, 0.3) is 5.91 Å². The van der Waals surface area contributed by atoms with Crippen molar-refractivity contribution in [2.75, 3.05) is 5.32 Å². The summed E-state index contributed by atoms with van der Waals surface area (Å²) in [5.41, 5.74) is 1.69. The highest BCUT2D eigenvalue weighted by Gasteiger charge is 2.17. The summed E-state index contributed by atoms with van der Waals surface area (Å²) in [6.07, 6.45) is -0.665. The molecule has 0 aliphatic heterocycles. The zero-order valence-electron chi connectivity index (χ0n) is 15.0. The van der Waals surface area contributed by atoms with Crippen LogP contribution in [0.3, 0.4) is 0 Å². The molecule has 1 N–H and O–H groups in total. The standard InChI is InChI=1S/C22H17BrClNO3/c1-14(21(26)16-3-2-4-18(24)13-16)28-20-11-9-19(10-12-20)25-22(27)15-5-7-17(23)8-6-15/h2-14H,1H3,(H,25,27). The predicted molar refractivity (Wildman–Crippen MR) is 114 cm³/mol. The number of anilines is 1. The van der Waals surface area contributed by atoms with Crippen LogP contribution in [-0.2, 0) is 0 Å². The topological polar surface area (TPSA) is 55.4 Å². The number of carbonyl (C=O) groups excluding carboxylic acids is 2. The number of ether oxygens (including phenoxy) is 1. The molecule has 4 nitrogen and oxygen atoms in total. The third-order valence-electron chi connectivity index (χ3n) is 4.01. The van der Waals surface area contributed by atoms with E-state index in [1.54, 1.807) is 67.6 Å². The largest absolute Gasteiger partial charge is 0.483 e. The second kappa shape index (κ2) is 9.04. The summed E-state index contributed by atoms with van der Waals surface area (Å²) in [5, 5.41) is 3.33. The summed E-state index contributed by atoms with van der Waals surface area (Å²) in [6, 6.07) is 20.7. The van der Waals surface area contributed by atoms with Crippen molar-refractivity contribution in [3.63, 3.8) is 0 Å². The van der Waals surface area contributed by atoms with E-state index in [0.29, 0.717) is 27.6 Å². The Hall–Kier alpha value is -2.63. The number of carbonyl (C=O) groups is 2. The average Bonchev–Trinajstić information content (AvgIpc) is 2.69. The number of benzene rings is 3. The molecule has 3 rings (SSSR count). The summed E-state index contributed by atoms with van der Waals surface area (Å²) in [7, 11) is 0. The first-order valence-electron chi connectivity index (χ1n) is 8.56. The molecule has 1 atom stereocenters. The van der Waals surface area contributed by atoms with Gasteiger partial charge in [-0.25, -0.2) is 0 Å². The van der Waals surface area contributed by atoms with Crippen molar-refractivity contribution in [2.24, 2.45) is 0 Å². The number of hydrogen-bond acceptors (Lipinski definition) is 3. The molecule has 1 amide bonds. The van der Waals surface area contributed by atoms with Crippen LogP contribution in [0.4, 0.5) is 5.69 Å². The van der Waals surface area contributed by atoms with E-state index in [9.17, 15) is 9.59 Å². The van der Waals surface area contributed by atoms with Crippen LogP contribution in [0.2, 0.25) is 5.02 Å². The lowest BCUT2D eigenvalue weighted by atomic mass is 10.1. The van der Waals surface area contributed by atoms with E-state index in [1.165, 1.54) is 0 Å². The summed E-state index contributed by atoms with van der Waals surface area (Å²) < 4.78 is 6.63. The Kier molecular flexibility index (Phi) is 6.49. The van der Waals surface area contributed by atoms with Gasteiger partial charge >= 0.3 is 0 Å². The molecule has 0 spiro atoms. The molecule has 1 unspecified atom stereocenters. The smallest absolute Gasteiger partial charge is 0.255 e. The van der Waals surface area contributed by atoms with Crippen molar-refractivity contribution >= 4 is 44.9 Å². The third-order valence-corrected chi connectivity index (χ3v) is 4.77. The zero-order valence-corrected chi connectivity index (χ0v) is 17.3. The maximum Gasteiger partial charge on any atom is 0.255 e. The molecule has 6 heteroatoms. The molecule has 0 aliphatic carbocycles. The van der Waals surface area contributed by atoms with Gasteiger partial charge < -0.3 is 10.1 Å². The SMILES string of the molecule is CC(Oc1ccc(NC(=O)c2ccc(Br)cc2)cc1)C(=O)c1cccc(Cl)c1. The second-order valence-electron chi connectivity index (χ2n) is 6.12. The summed E-state index contributed by atoms with van der Waals surface area (Å²) in [4.78, 5) is 24.7. The van der Waals surface area contributed by atoms with Gasteiger partial charge in [-0.2, -0.15) is 0 Å². The van der Waals surface area contributed by atoms with Crippen LogP contribution in [0.25, 0.3) is 0 Å². The summed E-state index contributed by atoms with van der Waals surface area (Å²) in [5.74, 6) is 0.172. The highest BCUT2D eigenvalue weighted by Crippen LogP contribution is 2.20. The monoisotopic (exact) mass is 457 g/mol. The van der Waals surface area contributed by atoms with Crippen LogP contribution < -0.4 is 10.1 Å². The lowest BCUT2D eigenvalue weighted by Gasteiger charge is -2.14. The zero-order chi connectivity index (χ0) is 20.1. The van der Waals surface area contributed by atoms with Crippen molar-refractivity contribution in [2.45, 2.75) is 13.0 Å². The Labute approximate surface area is 176 Å². The summed E-state index contributed by atoms with van der Waals surface area (Å²) >= 11 is 9.28. The number of Topliss-reactive ketones (excluding diaryl/α,β-unsaturated/α-hetero) is 1. The first kappa shape index (κ1) is 20.1. The van der Waals surface area contributed by atoms with Crippen LogP contribution in [0.15, 0.2) is 77.3 Å². The first-order valence-corrected chi connectivity index (χ1v) is 9.73. The molecule has 0 saturated heterocycles. The Morgan fingerprint density at radius 3 is 2.29 bits per heavy atom. The van der Waals surface area contributed by atoms with Crippen molar-refractivity contribution in [3.05, 3.63) is 93.4 Å². The van der Waals surface area contributed by atoms with Crippen LogP contribution in [-0.4, -0.2) is 17.8 Å². The van der Waals surface area contributed by atoms with Gasteiger partial charge in [-0.15, -0.1) is 0 Å². The van der Waals surface area contributed by atoms with Crippen molar-refractivity contribution < 1.29 is 14.3 Å². The highest BCUT2D eigenvalue weighted by molar-refractivity contribution is 9.10. The van der Waals surface area contributed by atoms with E-state index < -0.39 is 6.10 Å². The van der Waals surface area contributed by atoms with Crippen molar-refractivity contribution in [1.82, 2.24) is 0 Å². The maximum absolute atomic E-state index is 12.5. The van der Waals surface area contributed by atoms with E-state index in [4.69, 9.17) is 16.3 Å². The molecule has 28 heavy (non-hydrogen) atoms. The molecule has 0 radical (unpaired) electrons. The van der Waals surface area contributed by atoms with Crippen LogP contribution in [0, 0.1) is 0 Å². The van der Waals surface area contributed by atoms with E-state index in [0.717, 1.165) is 4.47 Å². The van der Waals surface area contributed by atoms with Crippen LogP contribution in [0.5, 0.6) is 5.75 Å². The second-order valence-corrected chi connectivity index (χ2v) is 7.47. The molecule has 3 aromatic carbocycles. The normalized spacial score (nSPS) is 11.5. The van der Waals surface area contributed by atoms with E-state index in [1.807, 2.05) is 12.1 Å². The first-order chi connectivity index (χ1) is 13.4. The van der Waals surface area contributed by atoms with Gasteiger partial charge in [0.1, 0.15) is 5.75 Å². The lowest BCUT2D eigenvalue weighted by Crippen LogP contribution is -2.23. The molecular weight excluding hydrogens is 442 g/mol. The average molecular weight is 459 g/mol. The quantitative estimate of drug-likeness (QED) is 0.461. The summed E-state index contributed by atoms with van der Waals surface area (Å²) in [6.45, 7) is 1.69. The van der Waals surface area contributed by atoms with Gasteiger partial charge in [-0.1, -0.05) is 39.7 Å². The van der Waals surface area contributed by atoms with Gasteiger partial charge in [-0.05, 0) is 67.6 Å². The predicted octanol–water partition coefficient (Wildman–Crippen LogP) is 6.01. The number of ketones is 1. The third kappa shape index (κ3) is 5.21. The molecule has 0 saturated carbocycles. The fraction of sp³-hybridized carbons (Fsp3) is 0.0909. The van der Waals surface area contributed by atoms with Gasteiger partial charge in [0, 0.05) is 26.3 Å². The van der Waals surface area contributed by atoms with Crippen molar-refractivity contribution in [3.8, 4) is 5.75 Å². The fourth-order valence-corrected chi connectivity index (χ4v) is 3.01. The molecular formula is C22H17BrClNO3. The minimum atomic E-state index is -0.665. The van der Waals surface area contributed by atoms with E-state index >= 15 is 0 Å². The van der Waals surface area contributed by atoms with Crippen molar-refractivity contribution in [1.29, 1.82) is 0 Å². The van der Waals surface area contributed by atoms with Gasteiger partial charge in [0.15, 0.2) is 6.10 Å². The highest BCUT2D eigenvalue weighted by atomic mass is 79.9. The Morgan fingerprint density at radius 1 is 0.964 bits per heavy atom. The van der Waals surface area contributed by atoms with Crippen LogP contribution >= 0.6 is 27.5 Å². The van der Waals surface area contributed by atoms with Gasteiger partial charge in [-0.3, -0.25) is 9.59 Å². The van der Waals surface area contributed by atoms with E-state index in [-0.39, 0.29) is 11.7 Å². The molecule has 0 bridgehead atoms. The number of halogens is 2.